The van der Waals surface area contributed by atoms with Gasteiger partial charge in [-0.3, -0.25) is 9.59 Å². The first-order chi connectivity index (χ1) is 11.6. The fourth-order valence-electron chi connectivity index (χ4n) is 3.27. The van der Waals surface area contributed by atoms with Gasteiger partial charge < -0.3 is 9.30 Å². The molecule has 0 bridgehead atoms. The molecule has 1 aliphatic carbocycles. The zero-order chi connectivity index (χ0) is 17.1. The molecule has 0 spiro atoms. The van der Waals surface area contributed by atoms with Crippen LogP contribution in [0.5, 0.6) is 0 Å². The lowest BCUT2D eigenvalue weighted by Crippen LogP contribution is -2.25. The minimum atomic E-state index is -0.343. The van der Waals surface area contributed by atoms with Crippen LogP contribution in [0.25, 0.3) is 10.2 Å². The molecular formula is C18H22N2O3S. The van der Waals surface area contributed by atoms with E-state index in [0.29, 0.717) is 4.80 Å². The number of para-hydroxylation sites is 1. The van der Waals surface area contributed by atoms with Crippen LogP contribution >= 0.6 is 11.3 Å². The van der Waals surface area contributed by atoms with Crippen LogP contribution in [0.2, 0.25) is 0 Å². The first kappa shape index (κ1) is 16.9. The number of thiazole rings is 1. The highest BCUT2D eigenvalue weighted by Crippen LogP contribution is 2.25. The normalized spacial score (nSPS) is 16.5. The van der Waals surface area contributed by atoms with Gasteiger partial charge in [-0.1, -0.05) is 42.7 Å². The second-order valence-electron chi connectivity index (χ2n) is 6.25. The smallest absolute Gasteiger partial charge is 0.325 e. The monoisotopic (exact) mass is 346 g/mol. The fraction of sp³-hybridized carbons (Fsp3) is 0.500. The summed E-state index contributed by atoms with van der Waals surface area (Å²) in [6, 6.07) is 5.96. The maximum atomic E-state index is 12.5. The van der Waals surface area contributed by atoms with Gasteiger partial charge in [-0.05, 0) is 31.4 Å². The highest BCUT2D eigenvalue weighted by atomic mass is 32.1. The number of carbonyl (C=O) groups excluding carboxylic acids is 2. The molecule has 2 aromatic rings. The molecular weight excluding hydrogens is 324 g/mol. The van der Waals surface area contributed by atoms with Crippen LogP contribution in [-0.4, -0.2) is 23.6 Å². The zero-order valence-electron chi connectivity index (χ0n) is 14.1. The molecule has 1 amide bonds. The number of fused-ring (bicyclic) bond motifs is 1. The van der Waals surface area contributed by atoms with Gasteiger partial charge in [0.05, 0.1) is 17.3 Å². The maximum absolute atomic E-state index is 12.5. The fourth-order valence-corrected chi connectivity index (χ4v) is 4.38. The molecule has 1 saturated carbocycles. The Morgan fingerprint density at radius 1 is 1.29 bits per heavy atom. The van der Waals surface area contributed by atoms with Gasteiger partial charge in [0.15, 0.2) is 4.80 Å². The Morgan fingerprint density at radius 3 is 2.75 bits per heavy atom. The first-order valence-corrected chi connectivity index (χ1v) is 9.16. The van der Waals surface area contributed by atoms with Gasteiger partial charge in [-0.2, -0.15) is 4.99 Å². The van der Waals surface area contributed by atoms with Crippen molar-refractivity contribution in [2.24, 2.45) is 10.9 Å². The number of benzene rings is 1. The molecule has 0 aliphatic heterocycles. The van der Waals surface area contributed by atoms with E-state index >= 15 is 0 Å². The summed E-state index contributed by atoms with van der Waals surface area (Å²) in [7, 11) is 1.37. The van der Waals surface area contributed by atoms with Gasteiger partial charge in [0.25, 0.3) is 5.91 Å². The average molecular weight is 346 g/mol. The third-order valence-electron chi connectivity index (χ3n) is 4.58. The number of rotatable bonds is 3. The second kappa shape index (κ2) is 7.30. The molecule has 1 aromatic carbocycles. The summed E-state index contributed by atoms with van der Waals surface area (Å²) in [4.78, 5) is 29.3. The number of hydrogen-bond donors (Lipinski definition) is 0. The number of carbonyl (C=O) groups is 2. The summed E-state index contributed by atoms with van der Waals surface area (Å²) >= 11 is 1.45. The minimum absolute atomic E-state index is 0.0247. The molecule has 5 nitrogen and oxygen atoms in total. The highest BCUT2D eigenvalue weighted by molar-refractivity contribution is 7.16. The topological polar surface area (TPSA) is 60.7 Å². The number of aryl methyl sites for hydroxylation is 1. The highest BCUT2D eigenvalue weighted by Gasteiger charge is 2.21. The second-order valence-corrected chi connectivity index (χ2v) is 7.26. The van der Waals surface area contributed by atoms with Crippen molar-refractivity contribution in [1.29, 1.82) is 0 Å². The van der Waals surface area contributed by atoms with Crippen molar-refractivity contribution in [3.63, 3.8) is 0 Å². The first-order valence-electron chi connectivity index (χ1n) is 8.34. The summed E-state index contributed by atoms with van der Waals surface area (Å²) < 4.78 is 7.64. The minimum Gasteiger partial charge on any atom is -0.468 e. The van der Waals surface area contributed by atoms with E-state index in [2.05, 4.69) is 4.99 Å². The third kappa shape index (κ3) is 3.43. The van der Waals surface area contributed by atoms with Crippen LogP contribution in [0.4, 0.5) is 0 Å². The van der Waals surface area contributed by atoms with Crippen molar-refractivity contribution >= 4 is 33.4 Å². The lowest BCUT2D eigenvalue weighted by atomic mass is 9.89. The van der Waals surface area contributed by atoms with E-state index in [1.165, 1.54) is 24.9 Å². The molecule has 6 heteroatoms. The summed E-state index contributed by atoms with van der Waals surface area (Å²) in [5.74, 6) is -0.376. The Hall–Kier alpha value is -1.95. The molecule has 0 radical (unpaired) electrons. The summed E-state index contributed by atoms with van der Waals surface area (Å²) in [5.41, 5.74) is 2.00. The number of amides is 1. The van der Waals surface area contributed by atoms with Gasteiger partial charge in [0.2, 0.25) is 0 Å². The SMILES string of the molecule is COC(=O)Cn1c(=NC(=O)C2CCCCC2)sc2cccc(C)c21. The summed E-state index contributed by atoms with van der Waals surface area (Å²) in [5, 5.41) is 0. The van der Waals surface area contributed by atoms with E-state index in [1.54, 1.807) is 0 Å². The predicted molar refractivity (Wildman–Crippen MR) is 93.7 cm³/mol. The molecule has 1 heterocycles. The number of methoxy groups -OCH3 is 1. The van der Waals surface area contributed by atoms with Crippen molar-refractivity contribution in [3.8, 4) is 0 Å². The Kier molecular flexibility index (Phi) is 5.14. The molecule has 24 heavy (non-hydrogen) atoms. The van der Waals surface area contributed by atoms with Crippen molar-refractivity contribution in [2.45, 2.75) is 45.6 Å². The third-order valence-corrected chi connectivity index (χ3v) is 5.62. The van der Waals surface area contributed by atoms with Crippen molar-refractivity contribution in [2.75, 3.05) is 7.11 Å². The Labute approximate surface area is 145 Å². The van der Waals surface area contributed by atoms with Gasteiger partial charge in [-0.15, -0.1) is 0 Å². The molecule has 1 aliphatic rings. The van der Waals surface area contributed by atoms with E-state index in [1.807, 2.05) is 29.7 Å². The Balaban J connectivity index is 2.07. The standard InChI is InChI=1S/C18H22N2O3S/c1-12-7-6-10-14-16(12)20(11-15(21)23-2)18(24-14)19-17(22)13-8-4-3-5-9-13/h6-7,10,13H,3-5,8-9,11H2,1-2H3. The van der Waals surface area contributed by atoms with Crippen molar-refractivity contribution < 1.29 is 14.3 Å². The largest absolute Gasteiger partial charge is 0.468 e. The van der Waals surface area contributed by atoms with Crippen LogP contribution in [0.15, 0.2) is 23.2 Å². The lowest BCUT2D eigenvalue weighted by molar-refractivity contribution is -0.141. The molecule has 1 fully saturated rings. The van der Waals surface area contributed by atoms with Crippen LogP contribution < -0.4 is 4.80 Å². The van der Waals surface area contributed by atoms with Crippen LogP contribution in [0.1, 0.15) is 37.7 Å². The molecule has 0 atom stereocenters. The van der Waals surface area contributed by atoms with Gasteiger partial charge >= 0.3 is 5.97 Å². The molecule has 128 valence electrons. The number of nitrogens with zero attached hydrogens (tertiary/aromatic N) is 2. The van der Waals surface area contributed by atoms with Gasteiger partial charge in [0.1, 0.15) is 6.54 Å². The predicted octanol–water partition coefficient (Wildman–Crippen LogP) is 3.19. The van der Waals surface area contributed by atoms with Crippen LogP contribution in [0, 0.1) is 12.8 Å². The summed E-state index contributed by atoms with van der Waals surface area (Å²) in [6.45, 7) is 2.06. The van der Waals surface area contributed by atoms with E-state index in [9.17, 15) is 9.59 Å². The number of esters is 1. The molecule has 0 N–H and O–H groups in total. The molecule has 1 aromatic heterocycles. The van der Waals surface area contributed by atoms with Crippen molar-refractivity contribution in [3.05, 3.63) is 28.6 Å². The van der Waals surface area contributed by atoms with Gasteiger partial charge in [-0.25, -0.2) is 0 Å². The number of aromatic nitrogens is 1. The van der Waals surface area contributed by atoms with Crippen molar-refractivity contribution in [1.82, 2.24) is 4.57 Å². The summed E-state index contributed by atoms with van der Waals surface area (Å²) in [6.07, 6.45) is 5.24. The van der Waals surface area contributed by atoms with E-state index in [-0.39, 0.29) is 24.3 Å². The number of hydrogen-bond acceptors (Lipinski definition) is 4. The lowest BCUT2D eigenvalue weighted by Gasteiger charge is -2.17. The molecule has 0 unspecified atom stereocenters. The van der Waals surface area contributed by atoms with Crippen LogP contribution in [0.3, 0.4) is 0 Å². The average Bonchev–Trinajstić information content (AvgIpc) is 2.94. The van der Waals surface area contributed by atoms with E-state index in [4.69, 9.17) is 4.74 Å². The Morgan fingerprint density at radius 2 is 2.04 bits per heavy atom. The quantitative estimate of drug-likeness (QED) is 0.802. The van der Waals surface area contributed by atoms with Gasteiger partial charge in [0, 0.05) is 5.92 Å². The maximum Gasteiger partial charge on any atom is 0.325 e. The van der Waals surface area contributed by atoms with Crippen LogP contribution in [-0.2, 0) is 20.9 Å². The number of ether oxygens (including phenoxy) is 1. The van der Waals surface area contributed by atoms with E-state index in [0.717, 1.165) is 41.5 Å². The molecule has 0 saturated heterocycles. The molecule has 3 rings (SSSR count). The Bertz CT molecular complexity index is 828. The van der Waals surface area contributed by atoms with E-state index < -0.39 is 0 Å². The zero-order valence-corrected chi connectivity index (χ0v) is 14.9.